The van der Waals surface area contributed by atoms with Crippen LogP contribution in [-0.2, 0) is 25.1 Å². The first-order valence-corrected chi connectivity index (χ1v) is 8.84. The Bertz CT molecular complexity index is 570. The zero-order valence-electron chi connectivity index (χ0n) is 12.5. The van der Waals surface area contributed by atoms with E-state index < -0.39 is 0 Å². The van der Waals surface area contributed by atoms with Gasteiger partial charge in [-0.25, -0.2) is 9.97 Å². The second-order valence-corrected chi connectivity index (χ2v) is 6.59. The van der Waals surface area contributed by atoms with Gasteiger partial charge >= 0.3 is 0 Å². The van der Waals surface area contributed by atoms with Crippen LogP contribution in [0.3, 0.4) is 0 Å². The van der Waals surface area contributed by atoms with Gasteiger partial charge in [0.15, 0.2) is 0 Å². The van der Waals surface area contributed by atoms with E-state index in [9.17, 15) is 0 Å². The topological polar surface area (TPSA) is 53.6 Å². The number of hydrogen-bond donors (Lipinski definition) is 2. The summed E-state index contributed by atoms with van der Waals surface area (Å²) in [7, 11) is 0. The molecule has 0 bridgehead atoms. The molecule has 0 radical (unpaired) electrons. The van der Waals surface area contributed by atoms with Crippen LogP contribution in [0.1, 0.15) is 42.5 Å². The summed E-state index contributed by atoms with van der Waals surface area (Å²) in [5, 5.41) is 3.43. The highest BCUT2D eigenvalue weighted by Gasteiger charge is 2.14. The number of fused-ring (bicyclic) bond motifs is 1. The van der Waals surface area contributed by atoms with E-state index in [0.29, 0.717) is 6.54 Å². The van der Waals surface area contributed by atoms with E-state index >= 15 is 0 Å². The van der Waals surface area contributed by atoms with Gasteiger partial charge in [-0.2, -0.15) is 11.8 Å². The molecule has 0 fully saturated rings. The van der Waals surface area contributed by atoms with Gasteiger partial charge in [0.2, 0.25) is 0 Å². The lowest BCUT2D eigenvalue weighted by Gasteiger charge is -2.09. The van der Waals surface area contributed by atoms with Gasteiger partial charge in [0.25, 0.3) is 0 Å². The predicted molar refractivity (Wildman–Crippen MR) is 88.6 cm³/mol. The van der Waals surface area contributed by atoms with Crippen molar-refractivity contribution >= 4 is 17.6 Å². The van der Waals surface area contributed by atoms with Gasteiger partial charge in [-0.3, -0.25) is 0 Å². The van der Waals surface area contributed by atoms with Crippen molar-refractivity contribution in [3.8, 4) is 0 Å². The minimum atomic E-state index is 0.716. The van der Waals surface area contributed by atoms with Gasteiger partial charge < -0.3 is 10.3 Å². The van der Waals surface area contributed by atoms with Crippen LogP contribution in [0.25, 0.3) is 0 Å². The number of nitrogens with one attached hydrogen (secondary N) is 2. The van der Waals surface area contributed by atoms with Gasteiger partial charge in [-0.05, 0) is 37.5 Å². The van der Waals surface area contributed by atoms with Crippen LogP contribution in [0.4, 0.5) is 5.82 Å². The number of aryl methyl sites for hydroxylation is 2. The van der Waals surface area contributed by atoms with Crippen molar-refractivity contribution in [3.05, 3.63) is 41.1 Å². The molecule has 0 spiro atoms. The summed E-state index contributed by atoms with van der Waals surface area (Å²) in [5.41, 5.74) is 3.86. The summed E-state index contributed by atoms with van der Waals surface area (Å²) in [6, 6.07) is 4.15. The molecule has 0 amide bonds. The molecular weight excluding hydrogens is 280 g/mol. The molecule has 0 unspecified atom stereocenters. The first kappa shape index (κ1) is 14.4. The van der Waals surface area contributed by atoms with E-state index in [1.807, 2.05) is 24.0 Å². The van der Waals surface area contributed by atoms with E-state index in [1.54, 1.807) is 0 Å². The Labute approximate surface area is 130 Å². The molecule has 1 aliphatic rings. The maximum Gasteiger partial charge on any atom is 0.130 e. The Morgan fingerprint density at radius 3 is 3.10 bits per heavy atom. The lowest BCUT2D eigenvalue weighted by molar-refractivity contribution is 0.667. The summed E-state index contributed by atoms with van der Waals surface area (Å²) in [5.74, 6) is 4.13. The molecule has 0 aromatic carbocycles. The van der Waals surface area contributed by atoms with Gasteiger partial charge in [0.1, 0.15) is 11.6 Å². The molecule has 3 rings (SSSR count). The van der Waals surface area contributed by atoms with E-state index in [1.165, 1.54) is 29.8 Å². The number of imidazole rings is 1. The van der Waals surface area contributed by atoms with Gasteiger partial charge in [-0.1, -0.05) is 13.0 Å². The Kier molecular flexibility index (Phi) is 4.80. The second kappa shape index (κ2) is 6.98. The summed E-state index contributed by atoms with van der Waals surface area (Å²) in [6.07, 6.45) is 6.65. The minimum Gasteiger partial charge on any atom is -0.363 e. The van der Waals surface area contributed by atoms with Crippen molar-refractivity contribution in [1.82, 2.24) is 15.0 Å². The predicted octanol–water partition coefficient (Wildman–Crippen LogP) is 3.55. The number of thioether (sulfide) groups is 1. The molecule has 0 saturated heterocycles. The first-order valence-electron chi connectivity index (χ1n) is 7.69. The number of pyridine rings is 1. The zero-order valence-corrected chi connectivity index (χ0v) is 13.3. The van der Waals surface area contributed by atoms with E-state index in [4.69, 9.17) is 4.98 Å². The number of nitrogens with zero attached hydrogens (tertiary/aromatic N) is 2. The van der Waals surface area contributed by atoms with Crippen LogP contribution < -0.4 is 5.32 Å². The Hall–Kier alpha value is -1.49. The molecule has 21 heavy (non-hydrogen) atoms. The van der Waals surface area contributed by atoms with E-state index in [-0.39, 0.29) is 0 Å². The summed E-state index contributed by atoms with van der Waals surface area (Å²) in [4.78, 5) is 12.6. The molecule has 5 heteroatoms. The van der Waals surface area contributed by atoms with Gasteiger partial charge in [-0.15, -0.1) is 0 Å². The molecule has 2 N–H and O–H groups in total. The van der Waals surface area contributed by atoms with Crippen LogP contribution in [0.5, 0.6) is 0 Å². The lowest BCUT2D eigenvalue weighted by atomic mass is 10.0. The fourth-order valence-electron chi connectivity index (χ4n) is 2.69. The average molecular weight is 302 g/mol. The quantitative estimate of drug-likeness (QED) is 0.857. The fourth-order valence-corrected chi connectivity index (χ4v) is 3.35. The van der Waals surface area contributed by atoms with Crippen molar-refractivity contribution in [2.75, 3.05) is 11.1 Å². The monoisotopic (exact) mass is 302 g/mol. The Morgan fingerprint density at radius 2 is 2.24 bits per heavy atom. The summed E-state index contributed by atoms with van der Waals surface area (Å²) >= 11 is 1.92. The normalized spacial score (nSPS) is 14.0. The largest absolute Gasteiger partial charge is 0.363 e. The molecular formula is C16H22N4S. The molecule has 2 aromatic rings. The van der Waals surface area contributed by atoms with Crippen molar-refractivity contribution < 1.29 is 0 Å². The van der Waals surface area contributed by atoms with Crippen molar-refractivity contribution in [1.29, 1.82) is 0 Å². The van der Waals surface area contributed by atoms with Crippen LogP contribution in [0.15, 0.2) is 18.3 Å². The number of aromatic amines is 1. The fraction of sp³-hybridized carbons (Fsp3) is 0.500. The van der Waals surface area contributed by atoms with Crippen molar-refractivity contribution in [2.45, 2.75) is 44.9 Å². The maximum atomic E-state index is 4.71. The standard InChI is InChI=1S/C16H22N4S/c1-2-21-11-12-6-5-9-17-16(12)18-10-15-19-13-7-3-4-8-14(13)20-15/h5-6,9H,2-4,7-8,10-11H2,1H3,(H,17,18)(H,19,20). The molecule has 0 aliphatic heterocycles. The van der Waals surface area contributed by atoms with Crippen LogP contribution in [0.2, 0.25) is 0 Å². The highest BCUT2D eigenvalue weighted by Crippen LogP contribution is 2.21. The third-order valence-corrected chi connectivity index (χ3v) is 4.70. The number of aromatic nitrogens is 3. The molecule has 2 heterocycles. The summed E-state index contributed by atoms with van der Waals surface area (Å²) in [6.45, 7) is 2.90. The molecule has 1 aliphatic carbocycles. The third kappa shape index (κ3) is 3.59. The number of anilines is 1. The second-order valence-electron chi connectivity index (χ2n) is 5.32. The molecule has 2 aromatic heterocycles. The van der Waals surface area contributed by atoms with Crippen molar-refractivity contribution in [2.24, 2.45) is 0 Å². The highest BCUT2D eigenvalue weighted by molar-refractivity contribution is 7.98. The Balaban J connectivity index is 1.65. The Morgan fingerprint density at radius 1 is 1.33 bits per heavy atom. The van der Waals surface area contributed by atoms with E-state index in [0.717, 1.165) is 36.0 Å². The maximum absolute atomic E-state index is 4.71. The minimum absolute atomic E-state index is 0.716. The van der Waals surface area contributed by atoms with Gasteiger partial charge in [0.05, 0.1) is 12.2 Å². The lowest BCUT2D eigenvalue weighted by Crippen LogP contribution is -2.05. The van der Waals surface area contributed by atoms with Crippen LogP contribution >= 0.6 is 11.8 Å². The van der Waals surface area contributed by atoms with Gasteiger partial charge in [0, 0.05) is 23.2 Å². The number of rotatable bonds is 6. The number of hydrogen-bond acceptors (Lipinski definition) is 4. The van der Waals surface area contributed by atoms with Crippen LogP contribution in [0, 0.1) is 0 Å². The number of H-pyrrole nitrogens is 1. The molecule has 0 atom stereocenters. The third-order valence-electron chi connectivity index (χ3n) is 3.78. The van der Waals surface area contributed by atoms with Crippen LogP contribution in [-0.4, -0.2) is 20.7 Å². The summed E-state index contributed by atoms with van der Waals surface area (Å²) < 4.78 is 0. The molecule has 4 nitrogen and oxygen atoms in total. The average Bonchev–Trinajstić information content (AvgIpc) is 2.94. The highest BCUT2D eigenvalue weighted by atomic mass is 32.2. The zero-order chi connectivity index (χ0) is 14.5. The smallest absolute Gasteiger partial charge is 0.130 e. The first-order chi connectivity index (χ1) is 10.4. The van der Waals surface area contributed by atoms with E-state index in [2.05, 4.69) is 28.3 Å². The molecule has 0 saturated carbocycles. The SMILES string of the molecule is CCSCc1cccnc1NCc1nc2c([nH]1)CCCC2. The molecule has 112 valence electrons. The van der Waals surface area contributed by atoms with Crippen molar-refractivity contribution in [3.63, 3.8) is 0 Å².